The van der Waals surface area contributed by atoms with E-state index in [1.807, 2.05) is 12.1 Å². The summed E-state index contributed by atoms with van der Waals surface area (Å²) in [6.07, 6.45) is 12.1. The molecule has 0 saturated heterocycles. The standard InChI is InChI=1S/C23H30F2O/c1-2-3-7-14-22(15-8-4-9-16-22)18-11-5-6-12-19(18)23(25)17-10-13-20(24)21(23)26/h5-6,10-13,17,21,26H,2-4,7-9,14-16H2,1H3/t21-,23+/m0/s1. The fourth-order valence-electron chi connectivity index (χ4n) is 4.78. The molecular weight excluding hydrogens is 330 g/mol. The van der Waals surface area contributed by atoms with Crippen molar-refractivity contribution in [1.82, 2.24) is 0 Å². The average molecular weight is 360 g/mol. The second-order valence-corrected chi connectivity index (χ2v) is 7.92. The van der Waals surface area contributed by atoms with Crippen LogP contribution in [0.25, 0.3) is 0 Å². The van der Waals surface area contributed by atoms with Crippen molar-refractivity contribution in [2.24, 2.45) is 0 Å². The molecule has 3 heteroatoms. The zero-order valence-electron chi connectivity index (χ0n) is 15.7. The maximum atomic E-state index is 15.9. The van der Waals surface area contributed by atoms with Gasteiger partial charge in [0.25, 0.3) is 0 Å². The first-order valence-electron chi connectivity index (χ1n) is 10.1. The molecule has 0 spiro atoms. The fourth-order valence-corrected chi connectivity index (χ4v) is 4.78. The molecular formula is C23H30F2O. The van der Waals surface area contributed by atoms with E-state index in [-0.39, 0.29) is 5.41 Å². The van der Waals surface area contributed by atoms with E-state index in [1.54, 1.807) is 12.1 Å². The summed E-state index contributed by atoms with van der Waals surface area (Å²) >= 11 is 0. The van der Waals surface area contributed by atoms with Crippen molar-refractivity contribution in [2.45, 2.75) is 81.9 Å². The molecule has 0 amide bonds. The van der Waals surface area contributed by atoms with Gasteiger partial charge in [0.05, 0.1) is 0 Å². The van der Waals surface area contributed by atoms with Crippen molar-refractivity contribution < 1.29 is 13.9 Å². The average Bonchev–Trinajstić information content (AvgIpc) is 2.67. The highest BCUT2D eigenvalue weighted by Gasteiger charge is 2.46. The molecule has 0 radical (unpaired) electrons. The van der Waals surface area contributed by atoms with Crippen LogP contribution in [0.2, 0.25) is 0 Å². The minimum Gasteiger partial charge on any atom is -0.382 e. The maximum absolute atomic E-state index is 15.9. The Labute approximate surface area is 155 Å². The number of allylic oxidation sites excluding steroid dienone is 2. The summed E-state index contributed by atoms with van der Waals surface area (Å²) in [5.74, 6) is -0.812. The van der Waals surface area contributed by atoms with E-state index >= 15 is 4.39 Å². The number of alkyl halides is 1. The SMILES string of the molecule is CCCCCC1(c2ccccc2[C@]2(F)C=CC=C(F)[C@@H]2O)CCCCC1. The Balaban J connectivity index is 2.04. The Morgan fingerprint density at radius 3 is 2.46 bits per heavy atom. The highest BCUT2D eigenvalue weighted by atomic mass is 19.2. The topological polar surface area (TPSA) is 20.2 Å². The van der Waals surface area contributed by atoms with E-state index in [2.05, 4.69) is 6.92 Å². The molecule has 2 atom stereocenters. The number of unbranched alkanes of at least 4 members (excludes halogenated alkanes) is 2. The summed E-state index contributed by atoms with van der Waals surface area (Å²) < 4.78 is 29.9. The fraction of sp³-hybridized carbons (Fsp3) is 0.565. The molecule has 1 nitrogen and oxygen atoms in total. The van der Waals surface area contributed by atoms with Crippen LogP contribution in [0.5, 0.6) is 0 Å². The molecule has 0 unspecified atom stereocenters. The van der Waals surface area contributed by atoms with Crippen molar-refractivity contribution in [1.29, 1.82) is 0 Å². The van der Waals surface area contributed by atoms with E-state index in [9.17, 15) is 9.50 Å². The molecule has 0 bridgehead atoms. The van der Waals surface area contributed by atoms with Gasteiger partial charge in [0.15, 0.2) is 5.67 Å². The van der Waals surface area contributed by atoms with Crippen molar-refractivity contribution in [3.63, 3.8) is 0 Å². The number of aliphatic hydroxyl groups is 1. The maximum Gasteiger partial charge on any atom is 0.186 e. The molecule has 0 heterocycles. The minimum atomic E-state index is -2.20. The number of benzene rings is 1. The van der Waals surface area contributed by atoms with Gasteiger partial charge in [-0.1, -0.05) is 75.8 Å². The summed E-state index contributed by atoms with van der Waals surface area (Å²) in [4.78, 5) is 0. The van der Waals surface area contributed by atoms with Crippen LogP contribution >= 0.6 is 0 Å². The molecule has 1 saturated carbocycles. The van der Waals surface area contributed by atoms with Gasteiger partial charge < -0.3 is 5.11 Å². The summed E-state index contributed by atoms with van der Waals surface area (Å²) in [5, 5.41) is 10.3. The molecule has 1 aromatic rings. The third-order valence-electron chi connectivity index (χ3n) is 6.23. The predicted octanol–water partition coefficient (Wildman–Crippen LogP) is 6.42. The number of rotatable bonds is 6. The van der Waals surface area contributed by atoms with Crippen LogP contribution in [0.15, 0.2) is 48.3 Å². The van der Waals surface area contributed by atoms with Crippen LogP contribution in [-0.4, -0.2) is 11.2 Å². The first kappa shape index (κ1) is 19.3. The van der Waals surface area contributed by atoms with Crippen LogP contribution < -0.4 is 0 Å². The molecule has 2 aliphatic rings. The zero-order valence-corrected chi connectivity index (χ0v) is 15.7. The van der Waals surface area contributed by atoms with Crippen LogP contribution in [0.3, 0.4) is 0 Å². The van der Waals surface area contributed by atoms with Gasteiger partial charge in [0.1, 0.15) is 11.9 Å². The molecule has 2 aliphatic carbocycles. The number of hydrogen-bond donors (Lipinski definition) is 1. The van der Waals surface area contributed by atoms with Gasteiger partial charge in [0, 0.05) is 0 Å². The zero-order chi connectivity index (χ0) is 18.6. The quantitative estimate of drug-likeness (QED) is 0.581. The Kier molecular flexibility index (Phi) is 5.96. The van der Waals surface area contributed by atoms with Gasteiger partial charge in [-0.2, -0.15) is 0 Å². The Hall–Kier alpha value is -1.48. The molecule has 26 heavy (non-hydrogen) atoms. The smallest absolute Gasteiger partial charge is 0.186 e. The third kappa shape index (κ3) is 3.51. The summed E-state index contributed by atoms with van der Waals surface area (Å²) in [6, 6.07) is 7.48. The number of aliphatic hydroxyl groups excluding tert-OH is 1. The summed E-state index contributed by atoms with van der Waals surface area (Å²) in [5.41, 5.74) is -0.860. The number of halogens is 2. The van der Waals surface area contributed by atoms with Gasteiger partial charge in [-0.15, -0.1) is 0 Å². The van der Waals surface area contributed by atoms with E-state index in [4.69, 9.17) is 0 Å². The second kappa shape index (κ2) is 8.04. The Morgan fingerprint density at radius 2 is 1.77 bits per heavy atom. The van der Waals surface area contributed by atoms with Crippen LogP contribution in [0.1, 0.15) is 75.8 Å². The lowest BCUT2D eigenvalue weighted by atomic mass is 9.63. The highest BCUT2D eigenvalue weighted by Crippen LogP contribution is 2.49. The van der Waals surface area contributed by atoms with E-state index in [0.717, 1.165) is 56.6 Å². The van der Waals surface area contributed by atoms with Gasteiger partial charge in [-0.05, 0) is 48.0 Å². The molecule has 3 rings (SSSR count). The minimum absolute atomic E-state index is 0.0612. The lowest BCUT2D eigenvalue weighted by molar-refractivity contribution is 0.0294. The first-order chi connectivity index (χ1) is 12.5. The molecule has 0 aliphatic heterocycles. The Morgan fingerprint density at radius 1 is 1.08 bits per heavy atom. The van der Waals surface area contributed by atoms with Crippen LogP contribution in [-0.2, 0) is 11.1 Å². The molecule has 1 aromatic carbocycles. The van der Waals surface area contributed by atoms with E-state index < -0.39 is 17.6 Å². The molecule has 142 valence electrons. The first-order valence-corrected chi connectivity index (χ1v) is 10.1. The van der Waals surface area contributed by atoms with E-state index in [1.165, 1.54) is 25.0 Å². The van der Waals surface area contributed by atoms with Crippen molar-refractivity contribution in [3.8, 4) is 0 Å². The van der Waals surface area contributed by atoms with Gasteiger partial charge in [0.2, 0.25) is 0 Å². The van der Waals surface area contributed by atoms with Crippen LogP contribution in [0, 0.1) is 0 Å². The van der Waals surface area contributed by atoms with Gasteiger partial charge in [-0.25, -0.2) is 8.78 Å². The van der Waals surface area contributed by atoms with Gasteiger partial charge in [-0.3, -0.25) is 0 Å². The molecule has 1 fully saturated rings. The van der Waals surface area contributed by atoms with Crippen molar-refractivity contribution >= 4 is 0 Å². The normalized spacial score (nSPS) is 28.0. The lowest BCUT2D eigenvalue weighted by Crippen LogP contribution is -2.39. The summed E-state index contributed by atoms with van der Waals surface area (Å²) in [7, 11) is 0. The van der Waals surface area contributed by atoms with Crippen molar-refractivity contribution in [2.75, 3.05) is 0 Å². The lowest BCUT2D eigenvalue weighted by Gasteiger charge is -2.42. The molecule has 0 aromatic heterocycles. The molecule has 1 N–H and O–H groups in total. The van der Waals surface area contributed by atoms with Crippen LogP contribution in [0.4, 0.5) is 8.78 Å². The second-order valence-electron chi connectivity index (χ2n) is 7.92. The van der Waals surface area contributed by atoms with E-state index in [0.29, 0.717) is 5.56 Å². The third-order valence-corrected chi connectivity index (χ3v) is 6.23. The Bertz CT molecular complexity index is 673. The van der Waals surface area contributed by atoms with Gasteiger partial charge >= 0.3 is 0 Å². The number of hydrogen-bond acceptors (Lipinski definition) is 1. The monoisotopic (exact) mass is 360 g/mol. The summed E-state index contributed by atoms with van der Waals surface area (Å²) in [6.45, 7) is 2.19. The highest BCUT2D eigenvalue weighted by molar-refractivity contribution is 5.45. The largest absolute Gasteiger partial charge is 0.382 e. The van der Waals surface area contributed by atoms with Crippen molar-refractivity contribution in [3.05, 3.63) is 59.4 Å². The predicted molar refractivity (Wildman–Crippen MR) is 102 cm³/mol.